The molecular formula is C16H30N4O. The van der Waals surface area contributed by atoms with Gasteiger partial charge < -0.3 is 15.7 Å². The molecule has 0 radical (unpaired) electrons. The first-order valence-electron chi connectivity index (χ1n) is 7.77. The van der Waals surface area contributed by atoms with E-state index in [0.29, 0.717) is 5.92 Å². The molecule has 0 spiro atoms. The number of aromatic nitrogens is 2. The summed E-state index contributed by atoms with van der Waals surface area (Å²) in [5.74, 6) is 3.02. The Morgan fingerprint density at radius 3 is 2.19 bits per heavy atom. The lowest BCUT2D eigenvalue weighted by Crippen LogP contribution is -2.21. The largest absolute Gasteiger partial charge is 0.396 e. The quantitative estimate of drug-likeness (QED) is 0.721. The van der Waals surface area contributed by atoms with Crippen molar-refractivity contribution >= 4 is 11.6 Å². The molecule has 0 bridgehead atoms. The van der Waals surface area contributed by atoms with E-state index in [-0.39, 0.29) is 12.0 Å². The highest BCUT2D eigenvalue weighted by molar-refractivity contribution is 5.57. The molecule has 0 aliphatic rings. The SMILES string of the molecule is CCNc1nc(C(C)(C)C)nc(NCC(C)CCO)c1C. The van der Waals surface area contributed by atoms with Crippen molar-refractivity contribution in [1.29, 1.82) is 0 Å². The Hall–Kier alpha value is -1.36. The molecular weight excluding hydrogens is 264 g/mol. The Morgan fingerprint density at radius 2 is 1.71 bits per heavy atom. The Bertz CT molecular complexity index is 454. The van der Waals surface area contributed by atoms with Gasteiger partial charge in [0, 0.05) is 30.7 Å². The molecule has 3 N–H and O–H groups in total. The molecule has 1 aromatic rings. The van der Waals surface area contributed by atoms with Gasteiger partial charge in [0.25, 0.3) is 0 Å². The van der Waals surface area contributed by atoms with Crippen LogP contribution in [-0.4, -0.2) is 34.8 Å². The van der Waals surface area contributed by atoms with Gasteiger partial charge >= 0.3 is 0 Å². The van der Waals surface area contributed by atoms with E-state index >= 15 is 0 Å². The standard InChI is InChI=1S/C16H30N4O/c1-7-17-13-12(3)14(18-10-11(2)8-9-21)20-15(19-13)16(4,5)6/h11,21H,7-10H2,1-6H3,(H2,17,18,19,20). The van der Waals surface area contributed by atoms with Crippen LogP contribution in [0.15, 0.2) is 0 Å². The first-order valence-corrected chi connectivity index (χ1v) is 7.77. The first kappa shape index (κ1) is 17.7. The van der Waals surface area contributed by atoms with Crippen molar-refractivity contribution in [3.63, 3.8) is 0 Å². The fourth-order valence-electron chi connectivity index (χ4n) is 1.96. The van der Waals surface area contributed by atoms with E-state index in [2.05, 4.69) is 50.2 Å². The summed E-state index contributed by atoms with van der Waals surface area (Å²) in [6, 6.07) is 0. The summed E-state index contributed by atoms with van der Waals surface area (Å²) < 4.78 is 0. The van der Waals surface area contributed by atoms with Crippen LogP contribution in [0.5, 0.6) is 0 Å². The van der Waals surface area contributed by atoms with Gasteiger partial charge in [-0.2, -0.15) is 0 Å². The number of aliphatic hydroxyl groups excluding tert-OH is 1. The molecule has 5 nitrogen and oxygen atoms in total. The van der Waals surface area contributed by atoms with Crippen LogP contribution in [0.2, 0.25) is 0 Å². The summed E-state index contributed by atoms with van der Waals surface area (Å²) in [7, 11) is 0. The van der Waals surface area contributed by atoms with E-state index in [9.17, 15) is 0 Å². The van der Waals surface area contributed by atoms with E-state index in [1.807, 2.05) is 6.92 Å². The third-order valence-electron chi connectivity index (χ3n) is 3.40. The van der Waals surface area contributed by atoms with E-state index in [4.69, 9.17) is 10.1 Å². The van der Waals surface area contributed by atoms with Crippen LogP contribution in [-0.2, 0) is 5.41 Å². The van der Waals surface area contributed by atoms with Crippen molar-refractivity contribution in [3.8, 4) is 0 Å². The second-order valence-corrected chi connectivity index (χ2v) is 6.65. The van der Waals surface area contributed by atoms with Crippen LogP contribution < -0.4 is 10.6 Å². The number of nitrogens with one attached hydrogen (secondary N) is 2. The normalized spacial score (nSPS) is 13.1. The van der Waals surface area contributed by atoms with Crippen molar-refractivity contribution in [2.45, 2.75) is 53.4 Å². The number of aliphatic hydroxyl groups is 1. The maximum atomic E-state index is 8.99. The van der Waals surface area contributed by atoms with Crippen molar-refractivity contribution in [2.24, 2.45) is 5.92 Å². The monoisotopic (exact) mass is 294 g/mol. The summed E-state index contributed by atoms with van der Waals surface area (Å²) in [5.41, 5.74) is 0.950. The smallest absolute Gasteiger partial charge is 0.138 e. The van der Waals surface area contributed by atoms with Gasteiger partial charge in [-0.05, 0) is 26.2 Å². The Balaban J connectivity index is 3.02. The molecule has 1 rings (SSSR count). The predicted molar refractivity (Wildman–Crippen MR) is 89.0 cm³/mol. The summed E-state index contributed by atoms with van der Waals surface area (Å²) in [4.78, 5) is 9.35. The van der Waals surface area contributed by atoms with E-state index in [1.165, 1.54) is 0 Å². The van der Waals surface area contributed by atoms with Crippen LogP contribution in [0.3, 0.4) is 0 Å². The minimum absolute atomic E-state index is 0.0922. The molecule has 21 heavy (non-hydrogen) atoms. The molecule has 5 heteroatoms. The van der Waals surface area contributed by atoms with Crippen LogP contribution in [0, 0.1) is 12.8 Å². The van der Waals surface area contributed by atoms with Gasteiger partial charge in [-0.3, -0.25) is 0 Å². The van der Waals surface area contributed by atoms with Gasteiger partial charge in [0.2, 0.25) is 0 Å². The maximum Gasteiger partial charge on any atom is 0.138 e. The van der Waals surface area contributed by atoms with Gasteiger partial charge in [0.1, 0.15) is 17.5 Å². The van der Waals surface area contributed by atoms with Gasteiger partial charge in [-0.1, -0.05) is 27.7 Å². The van der Waals surface area contributed by atoms with Crippen LogP contribution in [0.1, 0.15) is 52.4 Å². The van der Waals surface area contributed by atoms with E-state index < -0.39 is 0 Å². The lowest BCUT2D eigenvalue weighted by Gasteiger charge is -2.22. The van der Waals surface area contributed by atoms with Crippen molar-refractivity contribution in [1.82, 2.24) is 9.97 Å². The molecule has 0 aromatic carbocycles. The van der Waals surface area contributed by atoms with Crippen LogP contribution in [0.25, 0.3) is 0 Å². The Labute approximate surface area is 128 Å². The molecule has 1 unspecified atom stereocenters. The number of hydrogen-bond acceptors (Lipinski definition) is 5. The van der Waals surface area contributed by atoms with Crippen LogP contribution >= 0.6 is 0 Å². The summed E-state index contributed by atoms with van der Waals surface area (Å²) >= 11 is 0. The topological polar surface area (TPSA) is 70.1 Å². The van der Waals surface area contributed by atoms with Gasteiger partial charge in [0.15, 0.2) is 0 Å². The second kappa shape index (κ2) is 7.59. The molecule has 0 aliphatic heterocycles. The van der Waals surface area contributed by atoms with Crippen LogP contribution in [0.4, 0.5) is 11.6 Å². The molecule has 0 saturated carbocycles. The first-order chi connectivity index (χ1) is 9.79. The van der Waals surface area contributed by atoms with Crippen molar-refractivity contribution in [3.05, 3.63) is 11.4 Å². The molecule has 0 saturated heterocycles. The number of rotatable bonds is 7. The molecule has 0 fully saturated rings. The lowest BCUT2D eigenvalue weighted by molar-refractivity contribution is 0.266. The molecule has 120 valence electrons. The molecule has 1 atom stereocenters. The predicted octanol–water partition coefficient (Wildman–Crippen LogP) is 2.94. The highest BCUT2D eigenvalue weighted by atomic mass is 16.3. The van der Waals surface area contributed by atoms with Crippen molar-refractivity contribution < 1.29 is 5.11 Å². The summed E-state index contributed by atoms with van der Waals surface area (Å²) in [6.07, 6.45) is 0.795. The molecule has 1 heterocycles. The third-order valence-corrected chi connectivity index (χ3v) is 3.40. The average Bonchev–Trinajstić information content (AvgIpc) is 2.39. The minimum atomic E-state index is -0.0922. The third kappa shape index (κ3) is 5.16. The lowest BCUT2D eigenvalue weighted by atomic mass is 9.95. The van der Waals surface area contributed by atoms with E-state index in [0.717, 1.165) is 42.5 Å². The van der Waals surface area contributed by atoms with Crippen molar-refractivity contribution in [2.75, 3.05) is 30.3 Å². The highest BCUT2D eigenvalue weighted by Gasteiger charge is 2.21. The maximum absolute atomic E-state index is 8.99. The fraction of sp³-hybridized carbons (Fsp3) is 0.750. The Kier molecular flexibility index (Phi) is 6.40. The Morgan fingerprint density at radius 1 is 1.14 bits per heavy atom. The zero-order valence-corrected chi connectivity index (χ0v) is 14.2. The van der Waals surface area contributed by atoms with Gasteiger partial charge in [-0.25, -0.2) is 9.97 Å². The molecule has 0 amide bonds. The summed E-state index contributed by atoms with van der Waals surface area (Å²) in [6.45, 7) is 14.4. The van der Waals surface area contributed by atoms with E-state index in [1.54, 1.807) is 0 Å². The highest BCUT2D eigenvalue weighted by Crippen LogP contribution is 2.26. The summed E-state index contributed by atoms with van der Waals surface area (Å²) in [5, 5.41) is 15.7. The molecule has 0 aliphatic carbocycles. The second-order valence-electron chi connectivity index (χ2n) is 6.65. The minimum Gasteiger partial charge on any atom is -0.396 e. The number of anilines is 2. The number of nitrogens with zero attached hydrogens (tertiary/aromatic N) is 2. The van der Waals surface area contributed by atoms with Gasteiger partial charge in [-0.15, -0.1) is 0 Å². The van der Waals surface area contributed by atoms with Gasteiger partial charge in [0.05, 0.1) is 0 Å². The zero-order chi connectivity index (χ0) is 16.0. The average molecular weight is 294 g/mol. The zero-order valence-electron chi connectivity index (χ0n) is 14.2. The fourth-order valence-corrected chi connectivity index (χ4v) is 1.96. The number of hydrogen-bond donors (Lipinski definition) is 3. The molecule has 1 aromatic heterocycles.